The summed E-state index contributed by atoms with van der Waals surface area (Å²) in [5, 5.41) is 2.72. The van der Waals surface area contributed by atoms with Crippen LogP contribution in [0.25, 0.3) is 11.2 Å². The number of fused-ring (bicyclic) bond motifs is 2. The number of nitrogens with zero attached hydrogens (tertiary/aromatic N) is 4. The highest BCUT2D eigenvalue weighted by Gasteiger charge is 2.62. The zero-order valence-corrected chi connectivity index (χ0v) is 31.0. The molecule has 2 aliphatic heterocycles. The number of anilines is 2. The number of esters is 1. The van der Waals surface area contributed by atoms with Crippen molar-refractivity contribution in [2.75, 3.05) is 31.4 Å². The van der Waals surface area contributed by atoms with Gasteiger partial charge in [0.2, 0.25) is 11.9 Å². The molecule has 4 rings (SSSR count). The average Bonchev–Trinajstić information content (AvgIpc) is 3.53. The minimum atomic E-state index is -3.02. The van der Waals surface area contributed by atoms with E-state index in [1.165, 1.54) is 7.11 Å². The first kappa shape index (κ1) is 36.4. The average molecular weight is 681 g/mol. The van der Waals surface area contributed by atoms with E-state index in [1.807, 2.05) is 0 Å². The Balaban J connectivity index is 1.83. The van der Waals surface area contributed by atoms with E-state index in [9.17, 15) is 9.59 Å². The summed E-state index contributed by atoms with van der Waals surface area (Å²) in [5.41, 5.74) is 7.49. The van der Waals surface area contributed by atoms with Crippen LogP contribution in [-0.4, -0.2) is 87.2 Å². The maximum Gasteiger partial charge on any atom is 0.335 e. The van der Waals surface area contributed by atoms with Crippen LogP contribution in [0.4, 0.5) is 11.8 Å². The van der Waals surface area contributed by atoms with Gasteiger partial charge in [-0.2, -0.15) is 9.97 Å². The summed E-state index contributed by atoms with van der Waals surface area (Å²) >= 11 is 0. The van der Waals surface area contributed by atoms with Crippen LogP contribution in [0.2, 0.25) is 22.2 Å². The molecule has 1 amide bonds. The molecule has 16 heteroatoms. The molecule has 3 N–H and O–H groups in total. The molecule has 0 saturated carbocycles. The second-order valence-electron chi connectivity index (χ2n) is 13.7. The number of carbonyl (C=O) groups is 2. The standard InChI is InChI=1S/C30H52N6O8Si2/c1-16(2)28(38)35-30-33-26(31)23-27(34-30)36(15-32-23)29-25(40-13-12-22(37)39-11)24-21(42-29)14-41-45(17(3)4,18(5)6)44-46(43-24,19(7)8)20(9)10/h15-21,24-25,29H,12-14H2,1-11H3,(H3,31,33,34,35,38)/t21-,24?,25?,29-/m1/s1. The number of nitrogens with one attached hydrogen (secondary N) is 1. The largest absolute Gasteiger partial charge is 0.469 e. The Morgan fingerprint density at radius 1 is 1.02 bits per heavy atom. The summed E-state index contributed by atoms with van der Waals surface area (Å²) in [6.45, 7) is 21.1. The molecule has 46 heavy (non-hydrogen) atoms. The number of nitrogens with two attached hydrogens (primary N) is 1. The topological polar surface area (TPSA) is 171 Å². The predicted molar refractivity (Wildman–Crippen MR) is 177 cm³/mol. The van der Waals surface area contributed by atoms with E-state index < -0.39 is 47.6 Å². The third kappa shape index (κ3) is 6.88. The van der Waals surface area contributed by atoms with Crippen molar-refractivity contribution in [3.05, 3.63) is 6.33 Å². The molecule has 0 radical (unpaired) electrons. The lowest BCUT2D eigenvalue weighted by atomic mass is 10.1. The van der Waals surface area contributed by atoms with Gasteiger partial charge in [-0.1, -0.05) is 69.2 Å². The number of rotatable bonds is 11. The van der Waals surface area contributed by atoms with Crippen LogP contribution in [0, 0.1) is 5.92 Å². The second-order valence-corrected chi connectivity index (χ2v) is 22.5. The van der Waals surface area contributed by atoms with Crippen LogP contribution in [0.3, 0.4) is 0 Å². The zero-order chi connectivity index (χ0) is 34.1. The van der Waals surface area contributed by atoms with Crippen molar-refractivity contribution >= 4 is 51.9 Å². The molecule has 0 aliphatic carbocycles. The monoisotopic (exact) mass is 680 g/mol. The lowest BCUT2D eigenvalue weighted by molar-refractivity contribution is -0.143. The van der Waals surface area contributed by atoms with Crippen molar-refractivity contribution in [2.24, 2.45) is 5.92 Å². The van der Waals surface area contributed by atoms with Gasteiger partial charge in [0.05, 0.1) is 33.1 Å². The smallest absolute Gasteiger partial charge is 0.335 e. The molecule has 2 unspecified atom stereocenters. The minimum absolute atomic E-state index is 0.0446. The summed E-state index contributed by atoms with van der Waals surface area (Å²) in [6.07, 6.45) is -1.01. The number of imidazole rings is 1. The summed E-state index contributed by atoms with van der Waals surface area (Å²) in [5.74, 6) is -0.763. The highest BCUT2D eigenvalue weighted by Crippen LogP contribution is 2.49. The van der Waals surface area contributed by atoms with Crippen molar-refractivity contribution in [3.63, 3.8) is 0 Å². The maximum absolute atomic E-state index is 12.5. The van der Waals surface area contributed by atoms with Crippen LogP contribution in [0.5, 0.6) is 0 Å². The first-order chi connectivity index (χ1) is 21.6. The SMILES string of the molecule is COC(=O)CCOC1C2O[Si](C(C)C)(C(C)C)O[Si](C(C)C)(C(C)C)OC[C@H]2O[C@H]1n1cnc2c(N)nc(NC(=O)C(C)C)nc21. The van der Waals surface area contributed by atoms with Gasteiger partial charge in [0, 0.05) is 5.92 Å². The van der Waals surface area contributed by atoms with Crippen molar-refractivity contribution < 1.29 is 36.8 Å². The summed E-state index contributed by atoms with van der Waals surface area (Å²) in [4.78, 5) is 37.9. The number of methoxy groups -OCH3 is 1. The molecule has 258 valence electrons. The highest BCUT2D eigenvalue weighted by molar-refractivity contribution is 6.84. The van der Waals surface area contributed by atoms with Gasteiger partial charge in [0.15, 0.2) is 17.7 Å². The third-order valence-electron chi connectivity index (χ3n) is 8.94. The van der Waals surface area contributed by atoms with E-state index in [1.54, 1.807) is 24.7 Å². The lowest BCUT2D eigenvalue weighted by Gasteiger charge is -2.51. The number of hydrogen-bond acceptors (Lipinski definition) is 12. The van der Waals surface area contributed by atoms with Gasteiger partial charge >= 0.3 is 23.1 Å². The predicted octanol–water partition coefficient (Wildman–Crippen LogP) is 4.81. The fourth-order valence-corrected chi connectivity index (χ4v) is 17.5. The van der Waals surface area contributed by atoms with E-state index in [4.69, 9.17) is 32.9 Å². The molecule has 0 aromatic carbocycles. The number of ether oxygens (including phenoxy) is 3. The molecule has 2 aromatic heterocycles. The third-order valence-corrected chi connectivity index (χ3v) is 19.2. The molecule has 0 spiro atoms. The summed E-state index contributed by atoms with van der Waals surface area (Å²) in [7, 11) is -4.50. The van der Waals surface area contributed by atoms with Gasteiger partial charge in [-0.05, 0) is 22.2 Å². The summed E-state index contributed by atoms with van der Waals surface area (Å²) < 4.78 is 41.4. The fourth-order valence-electron chi connectivity index (χ4n) is 6.34. The Hall–Kier alpha value is -2.48. The van der Waals surface area contributed by atoms with Gasteiger partial charge in [0.25, 0.3) is 0 Å². The molecule has 0 bridgehead atoms. The van der Waals surface area contributed by atoms with Crippen LogP contribution in [0.1, 0.15) is 81.9 Å². The molecular weight excluding hydrogens is 629 g/mol. The van der Waals surface area contributed by atoms with Crippen LogP contribution >= 0.6 is 0 Å². The summed E-state index contributed by atoms with van der Waals surface area (Å²) in [6, 6.07) is 0. The van der Waals surface area contributed by atoms with E-state index in [-0.39, 0.29) is 65.4 Å². The number of amides is 1. The second kappa shape index (κ2) is 14.3. The van der Waals surface area contributed by atoms with Gasteiger partial charge in [0.1, 0.15) is 23.8 Å². The fraction of sp³-hybridized carbons (Fsp3) is 0.767. The molecule has 4 heterocycles. The van der Waals surface area contributed by atoms with Crippen LogP contribution < -0.4 is 11.1 Å². The number of carbonyl (C=O) groups excluding carboxylic acids is 2. The zero-order valence-electron chi connectivity index (χ0n) is 29.0. The van der Waals surface area contributed by atoms with Gasteiger partial charge in [-0.3, -0.25) is 19.5 Å². The van der Waals surface area contributed by atoms with Crippen LogP contribution in [0.15, 0.2) is 6.33 Å². The van der Waals surface area contributed by atoms with E-state index in [0.717, 1.165) is 0 Å². The van der Waals surface area contributed by atoms with E-state index in [0.29, 0.717) is 11.2 Å². The van der Waals surface area contributed by atoms with Gasteiger partial charge in [-0.25, -0.2) is 4.98 Å². The molecule has 14 nitrogen and oxygen atoms in total. The number of hydrogen-bond donors (Lipinski definition) is 2. The molecule has 2 fully saturated rings. The van der Waals surface area contributed by atoms with E-state index in [2.05, 4.69) is 75.7 Å². The Morgan fingerprint density at radius 3 is 2.22 bits per heavy atom. The molecule has 2 saturated heterocycles. The van der Waals surface area contributed by atoms with Crippen molar-refractivity contribution in [3.8, 4) is 0 Å². The quantitative estimate of drug-likeness (QED) is 0.246. The van der Waals surface area contributed by atoms with E-state index >= 15 is 0 Å². The first-order valence-corrected chi connectivity index (χ1v) is 20.2. The molecule has 2 aromatic rings. The minimum Gasteiger partial charge on any atom is -0.469 e. The Morgan fingerprint density at radius 2 is 1.65 bits per heavy atom. The molecule has 2 aliphatic rings. The van der Waals surface area contributed by atoms with Crippen molar-refractivity contribution in [1.82, 2.24) is 19.5 Å². The van der Waals surface area contributed by atoms with Gasteiger partial charge < -0.3 is 32.9 Å². The molecule has 4 atom stereocenters. The highest BCUT2D eigenvalue weighted by atomic mass is 28.5. The van der Waals surface area contributed by atoms with Crippen molar-refractivity contribution in [1.29, 1.82) is 0 Å². The lowest BCUT2D eigenvalue weighted by Crippen LogP contribution is -2.66. The van der Waals surface area contributed by atoms with Crippen molar-refractivity contribution in [2.45, 2.75) is 122 Å². The molecular formula is C30H52N6O8Si2. The van der Waals surface area contributed by atoms with Gasteiger partial charge in [-0.15, -0.1) is 0 Å². The Bertz CT molecular complexity index is 1370. The normalized spacial score (nSPS) is 24.5. The number of nitrogen functional groups attached to an aromatic ring is 1. The Kier molecular flexibility index (Phi) is 11.3. The first-order valence-electron chi connectivity index (χ1n) is 16.2. The maximum atomic E-state index is 12.5. The Labute approximate surface area is 273 Å². The number of aromatic nitrogens is 4. The van der Waals surface area contributed by atoms with Crippen LogP contribution in [-0.2, 0) is 36.8 Å².